The third kappa shape index (κ3) is 122. The van der Waals surface area contributed by atoms with E-state index in [1.54, 1.807) is 54.7 Å². The van der Waals surface area contributed by atoms with Crippen molar-refractivity contribution in [1.29, 1.82) is 5.26 Å². The molecule has 0 unspecified atom stereocenters. The molecule has 3 aromatic rings. The van der Waals surface area contributed by atoms with E-state index in [9.17, 15) is 22.8 Å². The fourth-order valence-electron chi connectivity index (χ4n) is 7.09. The molecule has 2 aliphatic carbocycles. The number of hydrogen-bond donors (Lipinski definition) is 1. The molecule has 2 aromatic heterocycles. The molecule has 2 fully saturated rings. The van der Waals surface area contributed by atoms with Gasteiger partial charge in [0, 0.05) is 63.1 Å². The molecule has 2 N–H and O–H groups in total. The first-order chi connectivity index (χ1) is 53.3. The number of amides is 1. The molecule has 15 heteroatoms. The minimum atomic E-state index is -4.22. The molecule has 0 saturated heterocycles. The van der Waals surface area contributed by atoms with E-state index in [-0.39, 0.29) is 54.8 Å². The van der Waals surface area contributed by atoms with Gasteiger partial charge in [-0.15, -0.1) is 11.6 Å². The van der Waals surface area contributed by atoms with Crippen LogP contribution in [0.15, 0.2) is 96.0 Å². The van der Waals surface area contributed by atoms with Crippen molar-refractivity contribution < 1.29 is 37.0 Å². The maximum Gasteiger partial charge on any atom is 0.411 e. The van der Waals surface area contributed by atoms with Gasteiger partial charge >= 0.3 is 6.18 Å². The van der Waals surface area contributed by atoms with E-state index in [4.69, 9.17) is 32.1 Å². The first-order valence-electron chi connectivity index (χ1n) is 45.0. The van der Waals surface area contributed by atoms with Crippen LogP contribution < -0.4 is 5.73 Å². The van der Waals surface area contributed by atoms with Gasteiger partial charge in [0.25, 0.3) is 0 Å². The lowest BCUT2D eigenvalue weighted by Crippen LogP contribution is -2.27. The summed E-state index contributed by atoms with van der Waals surface area (Å²) in [6, 6.07) is 20.8. The number of carbonyl (C=O) groups excluding carboxylic acids is 2. The van der Waals surface area contributed by atoms with Gasteiger partial charge in [-0.25, -0.2) is 0 Å². The molecule has 2 saturated carbocycles. The summed E-state index contributed by atoms with van der Waals surface area (Å²) in [6.45, 7) is 115. The van der Waals surface area contributed by atoms with E-state index >= 15 is 0 Å². The van der Waals surface area contributed by atoms with Crippen molar-refractivity contribution >= 4 is 45.4 Å². The van der Waals surface area contributed by atoms with Gasteiger partial charge in [-0.05, 0) is 265 Å². The van der Waals surface area contributed by atoms with Crippen molar-refractivity contribution in [3.8, 4) is 6.07 Å². The number of rotatable bonds is 3. The quantitative estimate of drug-likeness (QED) is 0.255. The van der Waals surface area contributed by atoms with E-state index in [0.29, 0.717) is 42.9 Å². The molecule has 722 valence electrons. The van der Waals surface area contributed by atoms with Gasteiger partial charge < -0.3 is 19.9 Å². The Balaban J connectivity index is -0.000000138. The number of alkyl halides is 5. The Morgan fingerprint density at radius 3 is 0.918 bits per heavy atom. The highest BCUT2D eigenvalue weighted by atomic mass is 79.9. The number of aliphatic imine (C=N–C) groups is 1. The van der Waals surface area contributed by atoms with Crippen LogP contribution in [0.4, 0.5) is 13.2 Å². The molecule has 1 amide bonds. The third-order valence-electron chi connectivity index (χ3n) is 17.2. The van der Waals surface area contributed by atoms with Gasteiger partial charge in [0.2, 0.25) is 5.91 Å². The highest BCUT2D eigenvalue weighted by molar-refractivity contribution is 9.10. The van der Waals surface area contributed by atoms with E-state index in [0.717, 1.165) is 30.9 Å². The molecule has 6 rings (SSSR count). The number of nitriles is 1. The molecule has 0 atom stereocenters. The molecule has 10 nitrogen and oxygen atoms in total. The second kappa shape index (κ2) is 62.3. The molecular weight excluding hydrogens is 1610 g/mol. The first kappa shape index (κ1) is 138. The topological polar surface area (TPSA) is 150 Å². The van der Waals surface area contributed by atoms with Gasteiger partial charge in [-0.2, -0.15) is 18.4 Å². The summed E-state index contributed by atoms with van der Waals surface area (Å²) in [4.78, 5) is 32.8. The molecular formula is C107H204BrClF3N5O5. The predicted molar refractivity (Wildman–Crippen MR) is 542 cm³/mol. The number of aromatic nitrogens is 2. The zero-order valence-corrected chi connectivity index (χ0v) is 93.0. The average Bonchev–Trinajstić information content (AvgIpc) is 1.61. The van der Waals surface area contributed by atoms with E-state index in [2.05, 4.69) is 346 Å². The number of benzene rings is 1. The number of primary amides is 1. The zero-order chi connectivity index (χ0) is 100. The molecule has 122 heavy (non-hydrogen) atoms. The van der Waals surface area contributed by atoms with Gasteiger partial charge in [0.05, 0.1) is 35.5 Å². The van der Waals surface area contributed by atoms with Crippen molar-refractivity contribution in [3.05, 3.63) is 108 Å². The molecule has 1 aromatic carbocycles. The maximum atomic E-state index is 11.5. The number of hydrogen-bond acceptors (Lipinski definition) is 9. The van der Waals surface area contributed by atoms with Crippen LogP contribution in [0.3, 0.4) is 0 Å². The summed E-state index contributed by atoms with van der Waals surface area (Å²) in [5.41, 5.74) is 12.4. The summed E-state index contributed by atoms with van der Waals surface area (Å²) in [7, 11) is 0. The normalized spacial score (nSPS) is 13.8. The Morgan fingerprint density at radius 2 is 0.820 bits per heavy atom. The SMILES string of the molecule is CC(=O)C(C)(C)C.CC(C)(C)Br.CC(C)(C)C#N.CC(C)(C)C(N)=O.CC(C)(C)C1=CC=NC1.CC(C)(C)C1CC1.CC(C)(C)C1CCC1.CC(C)(C)Cl.CC(C)(C)OCC(F)(F)F.CC(C)(C)c1ccccc1.CC(C)(C)c1cccnc1.CC(C)(C)c1ccncc1.CC(C)C(C)(C)C.CC(C)OC(C)(C)C.CCC(C)(C)C.CCOC(C)(C)C. The second-order valence-corrected chi connectivity index (χ2v) is 52.4. The summed E-state index contributed by atoms with van der Waals surface area (Å²) >= 11 is 8.91. The minimum Gasteiger partial charge on any atom is -0.376 e. The second-order valence-electron chi connectivity index (χ2n) is 48.9. The molecule has 0 radical (unpaired) electrons. The number of ketones is 1. The number of nitrogens with two attached hydrogens (primary N) is 1. The van der Waals surface area contributed by atoms with Crippen LogP contribution in [0.5, 0.6) is 0 Å². The number of allylic oxidation sites excluding steroid dienone is 1. The average molecular weight is 1810 g/mol. The van der Waals surface area contributed by atoms with Crippen molar-refractivity contribution in [1.82, 2.24) is 9.97 Å². The highest BCUT2D eigenvalue weighted by Gasteiger charge is 2.34. The van der Waals surface area contributed by atoms with Crippen LogP contribution in [0.1, 0.15) is 436 Å². The number of nitrogens with zero attached hydrogens (tertiary/aromatic N) is 4. The Kier molecular flexibility index (Phi) is 70.7. The van der Waals surface area contributed by atoms with E-state index in [1.165, 1.54) is 60.8 Å². The molecule has 3 heterocycles. The number of Topliss-reactive ketones (excluding diaryl/α,β-unsaturated/α-hetero) is 1. The minimum absolute atomic E-state index is 0.0220. The molecule has 1 aliphatic heterocycles. The highest BCUT2D eigenvalue weighted by Crippen LogP contribution is 2.44. The van der Waals surface area contributed by atoms with Gasteiger partial charge in [-0.3, -0.25) is 24.5 Å². The molecule has 0 spiro atoms. The molecule has 3 aliphatic rings. The van der Waals surface area contributed by atoms with Crippen LogP contribution in [0.2, 0.25) is 0 Å². The van der Waals surface area contributed by atoms with Crippen molar-refractivity contribution in [2.24, 2.45) is 71.8 Å². The third-order valence-corrected chi connectivity index (χ3v) is 17.2. The fraction of sp³-hybridized carbons (Fsp3) is 0.794. The van der Waals surface area contributed by atoms with Crippen LogP contribution in [-0.2, 0) is 40.0 Å². The Bertz CT molecular complexity index is 2920. The lowest BCUT2D eigenvalue weighted by molar-refractivity contribution is -0.196. The van der Waals surface area contributed by atoms with Gasteiger partial charge in [-0.1, -0.05) is 314 Å². The zero-order valence-electron chi connectivity index (χ0n) is 90.6. The lowest BCUT2D eigenvalue weighted by atomic mass is 9.69. The Labute approximate surface area is 772 Å². The summed E-state index contributed by atoms with van der Waals surface area (Å²) < 4.78 is 49.8. The standard InChI is InChI=1S/C10H14.2C9H13N.C8H13N.C8H16.C7H16O.C7H14.C7H16.C6H11F3O.C6H14O.C6H12O.C6H14.C5H11NO.C5H9N.C4H9Br.C4H9Cl/c1-10(2,3)9-7-5-4-6-8-9;1-9(2,3)8-4-6-10-7-5-8;1-9(2,3)8-5-4-6-10-7-8;1-8(2,3)7-4-5-9-6-7;1-8(2,3)7-5-4-6-7;1-6(2)8-7(3,4)5;1-7(2,3)6-4-5-6;1-6(2)7(3,4)5;1-5(2,3)10-4-6(7,8)9;1-5-7-6(2,3)4;1-5(7)6(2,3)4;1-5-6(2,3)4;1-5(2,3)4(6)7;1-5(2,3)4-6;2*1-4(2,3)5/h4-8H,1-3H3;2*4-7H,1-3H3;4-5H,6H2,1-3H3;7H,4-6H2,1-3H3;6H,1-5H3;6H,4-5H2,1-3H3;6H,1-5H3;4H2,1-3H3;5H2,1-4H3;1-4H3;5H2,1-4H3;1-3H3,(H2,6,7);1-3H3;2*1-3H3. The van der Waals surface area contributed by atoms with Crippen molar-refractivity contribution in [3.63, 3.8) is 0 Å². The Hall–Kier alpha value is -4.00. The fourth-order valence-corrected chi connectivity index (χ4v) is 7.09. The van der Waals surface area contributed by atoms with Crippen molar-refractivity contribution in [2.45, 2.75) is 474 Å². The number of carbonyl (C=O) groups is 2. The first-order valence-corrected chi connectivity index (χ1v) is 46.1. The number of halogens is 5. The summed E-state index contributed by atoms with van der Waals surface area (Å²) in [6.07, 6.45) is 16.2. The number of pyridine rings is 2. The van der Waals surface area contributed by atoms with E-state index < -0.39 is 18.4 Å². The summed E-state index contributed by atoms with van der Waals surface area (Å²) in [5, 5.41) is 8.15. The predicted octanol–water partition coefficient (Wildman–Crippen LogP) is 34.5. The van der Waals surface area contributed by atoms with Crippen LogP contribution in [0.25, 0.3) is 0 Å². The number of ether oxygens (including phenoxy) is 3. The van der Waals surface area contributed by atoms with Crippen LogP contribution in [-0.4, -0.2) is 85.9 Å². The van der Waals surface area contributed by atoms with Gasteiger partial charge in [0.1, 0.15) is 12.4 Å². The van der Waals surface area contributed by atoms with Gasteiger partial charge in [0.15, 0.2) is 0 Å². The molecule has 0 bridgehead atoms. The van der Waals surface area contributed by atoms with Crippen LogP contribution >= 0.6 is 27.5 Å². The smallest absolute Gasteiger partial charge is 0.376 e. The lowest BCUT2D eigenvalue weighted by Gasteiger charge is -2.37. The van der Waals surface area contributed by atoms with Crippen molar-refractivity contribution in [2.75, 3.05) is 19.8 Å². The maximum absolute atomic E-state index is 11.5. The van der Waals surface area contributed by atoms with E-state index in [1.807, 2.05) is 114 Å². The largest absolute Gasteiger partial charge is 0.411 e. The monoisotopic (exact) mass is 1810 g/mol. The Morgan fingerprint density at radius 1 is 0.508 bits per heavy atom. The summed E-state index contributed by atoms with van der Waals surface area (Å²) in [5.74, 6) is 2.86. The van der Waals surface area contributed by atoms with Crippen LogP contribution in [0, 0.1) is 72.4 Å².